The summed E-state index contributed by atoms with van der Waals surface area (Å²) in [5, 5.41) is 3.36. The van der Waals surface area contributed by atoms with Crippen molar-refractivity contribution in [2.24, 2.45) is 0 Å². The van der Waals surface area contributed by atoms with Gasteiger partial charge in [0.05, 0.1) is 12.7 Å². The Kier molecular flexibility index (Phi) is 13.7. The number of rotatable bonds is 4. The molecule has 2 saturated heterocycles. The van der Waals surface area contributed by atoms with Crippen molar-refractivity contribution in [1.82, 2.24) is 15.1 Å². The van der Waals surface area contributed by atoms with E-state index in [1.165, 1.54) is 39.0 Å². The molecular formula is C16H37N3O. The van der Waals surface area contributed by atoms with Crippen LogP contribution in [-0.2, 0) is 4.74 Å². The molecule has 122 valence electrons. The van der Waals surface area contributed by atoms with Gasteiger partial charge in [-0.05, 0) is 33.0 Å². The van der Waals surface area contributed by atoms with Crippen LogP contribution in [-0.4, -0.2) is 75.4 Å². The Labute approximate surface area is 126 Å². The number of hydrogen-bond donors (Lipinski definition) is 1. The fourth-order valence-corrected chi connectivity index (χ4v) is 2.38. The largest absolute Gasteiger partial charge is 0.377 e. The monoisotopic (exact) mass is 287 g/mol. The molecule has 2 heterocycles. The normalized spacial score (nSPS) is 21.4. The Balaban J connectivity index is 0.000000829. The predicted molar refractivity (Wildman–Crippen MR) is 88.5 cm³/mol. The van der Waals surface area contributed by atoms with Crippen LogP contribution in [0.1, 0.15) is 40.5 Å². The van der Waals surface area contributed by atoms with Crippen LogP contribution in [0.3, 0.4) is 0 Å². The number of likely N-dealkylation sites (N-methyl/N-ethyl adjacent to an activating group) is 1. The van der Waals surface area contributed by atoms with E-state index in [4.69, 9.17) is 4.74 Å². The summed E-state index contributed by atoms with van der Waals surface area (Å²) in [6.45, 7) is 17.1. The first kappa shape index (κ1) is 19.8. The third-order valence-electron chi connectivity index (χ3n) is 3.64. The van der Waals surface area contributed by atoms with E-state index in [-0.39, 0.29) is 0 Å². The van der Waals surface area contributed by atoms with E-state index in [0.717, 1.165) is 26.2 Å². The molecule has 4 nitrogen and oxygen atoms in total. The third-order valence-corrected chi connectivity index (χ3v) is 3.64. The molecule has 0 spiro atoms. The third kappa shape index (κ3) is 8.90. The van der Waals surface area contributed by atoms with Crippen molar-refractivity contribution in [3.05, 3.63) is 0 Å². The molecule has 0 aromatic heterocycles. The number of piperidine rings is 1. The van der Waals surface area contributed by atoms with Gasteiger partial charge in [-0.3, -0.25) is 4.90 Å². The average Bonchev–Trinajstić information content (AvgIpc) is 2.54. The molecule has 2 aliphatic heterocycles. The molecule has 0 amide bonds. The van der Waals surface area contributed by atoms with Crippen molar-refractivity contribution in [3.8, 4) is 0 Å². The molecule has 0 aliphatic carbocycles. The van der Waals surface area contributed by atoms with Gasteiger partial charge >= 0.3 is 0 Å². The van der Waals surface area contributed by atoms with E-state index in [1.807, 2.05) is 27.7 Å². The molecule has 0 saturated carbocycles. The highest BCUT2D eigenvalue weighted by Gasteiger charge is 2.15. The van der Waals surface area contributed by atoms with Crippen LogP contribution in [0, 0.1) is 0 Å². The fourth-order valence-electron chi connectivity index (χ4n) is 2.38. The first-order valence-corrected chi connectivity index (χ1v) is 8.58. The molecule has 0 aromatic rings. The minimum absolute atomic E-state index is 0.508. The Bertz CT molecular complexity index is 188. The van der Waals surface area contributed by atoms with Gasteiger partial charge in [-0.2, -0.15) is 0 Å². The molecule has 2 aliphatic rings. The zero-order valence-corrected chi connectivity index (χ0v) is 14.5. The van der Waals surface area contributed by atoms with E-state index < -0.39 is 0 Å². The molecule has 0 bridgehead atoms. The molecule has 0 unspecified atom stereocenters. The number of nitrogens with zero attached hydrogens (tertiary/aromatic N) is 2. The lowest BCUT2D eigenvalue weighted by Gasteiger charge is -2.32. The second-order valence-electron chi connectivity index (χ2n) is 4.97. The van der Waals surface area contributed by atoms with Gasteiger partial charge < -0.3 is 15.0 Å². The molecule has 2 fully saturated rings. The summed E-state index contributed by atoms with van der Waals surface area (Å²) in [7, 11) is 2.20. The van der Waals surface area contributed by atoms with Gasteiger partial charge in [0, 0.05) is 32.7 Å². The highest BCUT2D eigenvalue weighted by molar-refractivity contribution is 4.71. The SMILES string of the molecule is CC.CC.CN1CCN(CCOC2CCNCC2)CC1. The maximum absolute atomic E-state index is 5.92. The van der Waals surface area contributed by atoms with Crippen LogP contribution in [0.15, 0.2) is 0 Å². The summed E-state index contributed by atoms with van der Waals surface area (Å²) in [5.41, 5.74) is 0. The Morgan fingerprint density at radius 2 is 1.50 bits per heavy atom. The van der Waals surface area contributed by atoms with E-state index in [1.54, 1.807) is 0 Å². The van der Waals surface area contributed by atoms with Crippen molar-refractivity contribution < 1.29 is 4.74 Å². The van der Waals surface area contributed by atoms with Crippen molar-refractivity contribution in [3.63, 3.8) is 0 Å². The first-order chi connectivity index (χ1) is 9.84. The van der Waals surface area contributed by atoms with Crippen molar-refractivity contribution >= 4 is 0 Å². The lowest BCUT2D eigenvalue weighted by atomic mass is 10.1. The number of nitrogens with one attached hydrogen (secondary N) is 1. The number of hydrogen-bond acceptors (Lipinski definition) is 4. The summed E-state index contributed by atoms with van der Waals surface area (Å²) in [4.78, 5) is 4.91. The Morgan fingerprint density at radius 3 is 2.05 bits per heavy atom. The maximum Gasteiger partial charge on any atom is 0.0600 e. The second-order valence-corrected chi connectivity index (χ2v) is 4.97. The van der Waals surface area contributed by atoms with Gasteiger partial charge in [0.15, 0.2) is 0 Å². The molecule has 0 aromatic carbocycles. The zero-order chi connectivity index (χ0) is 15.2. The molecule has 0 atom stereocenters. The fraction of sp³-hybridized carbons (Fsp3) is 1.00. The summed E-state index contributed by atoms with van der Waals surface area (Å²) in [6.07, 6.45) is 2.87. The van der Waals surface area contributed by atoms with E-state index >= 15 is 0 Å². The van der Waals surface area contributed by atoms with Crippen LogP contribution in [0.2, 0.25) is 0 Å². The molecule has 4 heteroatoms. The van der Waals surface area contributed by atoms with Crippen LogP contribution in [0.25, 0.3) is 0 Å². The van der Waals surface area contributed by atoms with Gasteiger partial charge in [-0.1, -0.05) is 27.7 Å². The minimum Gasteiger partial charge on any atom is -0.377 e. The van der Waals surface area contributed by atoms with Crippen molar-refractivity contribution in [1.29, 1.82) is 0 Å². The molecule has 20 heavy (non-hydrogen) atoms. The molecule has 1 N–H and O–H groups in total. The lowest BCUT2D eigenvalue weighted by molar-refractivity contribution is 0.0142. The quantitative estimate of drug-likeness (QED) is 0.856. The van der Waals surface area contributed by atoms with Crippen molar-refractivity contribution in [2.75, 3.05) is 59.5 Å². The van der Waals surface area contributed by atoms with Gasteiger partial charge in [-0.25, -0.2) is 0 Å². The smallest absolute Gasteiger partial charge is 0.0600 e. The maximum atomic E-state index is 5.92. The van der Waals surface area contributed by atoms with Crippen LogP contribution in [0.4, 0.5) is 0 Å². The molecule has 2 rings (SSSR count). The van der Waals surface area contributed by atoms with E-state index in [0.29, 0.717) is 6.10 Å². The summed E-state index contributed by atoms with van der Waals surface area (Å²) in [5.74, 6) is 0. The first-order valence-electron chi connectivity index (χ1n) is 8.58. The van der Waals surface area contributed by atoms with Gasteiger partial charge in [0.1, 0.15) is 0 Å². The van der Waals surface area contributed by atoms with Gasteiger partial charge in [0.25, 0.3) is 0 Å². The highest BCUT2D eigenvalue weighted by atomic mass is 16.5. The second kappa shape index (κ2) is 13.8. The molecule has 0 radical (unpaired) electrons. The van der Waals surface area contributed by atoms with Gasteiger partial charge in [0.2, 0.25) is 0 Å². The summed E-state index contributed by atoms with van der Waals surface area (Å²) >= 11 is 0. The zero-order valence-electron chi connectivity index (χ0n) is 14.5. The standard InChI is InChI=1S/C12H25N3O.2C2H6/c1-14-6-8-15(9-7-14)10-11-16-12-2-4-13-5-3-12;2*1-2/h12-13H,2-11H2,1H3;2*1-2H3. The van der Waals surface area contributed by atoms with E-state index in [2.05, 4.69) is 22.2 Å². The van der Waals surface area contributed by atoms with Gasteiger partial charge in [-0.15, -0.1) is 0 Å². The van der Waals surface area contributed by atoms with Crippen LogP contribution >= 0.6 is 0 Å². The Hall–Kier alpha value is -0.160. The highest BCUT2D eigenvalue weighted by Crippen LogP contribution is 2.07. The minimum atomic E-state index is 0.508. The van der Waals surface area contributed by atoms with E-state index in [9.17, 15) is 0 Å². The number of ether oxygens (including phenoxy) is 1. The van der Waals surface area contributed by atoms with Crippen LogP contribution < -0.4 is 5.32 Å². The topological polar surface area (TPSA) is 27.7 Å². The number of piperazine rings is 1. The molecular weight excluding hydrogens is 250 g/mol. The average molecular weight is 287 g/mol. The predicted octanol–water partition coefficient (Wildman–Crippen LogP) is 2.05. The van der Waals surface area contributed by atoms with Crippen LogP contribution in [0.5, 0.6) is 0 Å². The lowest BCUT2D eigenvalue weighted by Crippen LogP contribution is -2.45. The summed E-state index contributed by atoms with van der Waals surface area (Å²) in [6, 6.07) is 0. The Morgan fingerprint density at radius 1 is 0.950 bits per heavy atom. The van der Waals surface area contributed by atoms with Crippen molar-refractivity contribution in [2.45, 2.75) is 46.6 Å². The summed E-state index contributed by atoms with van der Waals surface area (Å²) < 4.78 is 5.92.